The lowest BCUT2D eigenvalue weighted by atomic mass is 10.5. The fourth-order valence-corrected chi connectivity index (χ4v) is 1.47. The summed E-state index contributed by atoms with van der Waals surface area (Å²) in [7, 11) is 0. The van der Waals surface area contributed by atoms with Crippen LogP contribution in [0, 0.1) is 3.57 Å². The van der Waals surface area contributed by atoms with E-state index in [0.717, 1.165) is 3.57 Å². The van der Waals surface area contributed by atoms with Crippen molar-refractivity contribution in [2.24, 2.45) is 0 Å². The summed E-state index contributed by atoms with van der Waals surface area (Å²) in [6, 6.07) is 0. The van der Waals surface area contributed by atoms with Gasteiger partial charge in [0.2, 0.25) is 0 Å². The Labute approximate surface area is 86.8 Å². The second-order valence-corrected chi connectivity index (χ2v) is 3.80. The normalized spacial score (nSPS) is 10.0. The molecule has 1 heterocycles. The van der Waals surface area contributed by atoms with Crippen molar-refractivity contribution in [3.63, 3.8) is 0 Å². The smallest absolute Gasteiger partial charge is 0.149 e. The SMILES string of the molecule is Clc1ncc(I)c(Cl)c1Cl. The van der Waals surface area contributed by atoms with Crippen molar-refractivity contribution in [1.29, 1.82) is 0 Å². The van der Waals surface area contributed by atoms with Crippen molar-refractivity contribution in [3.8, 4) is 0 Å². The van der Waals surface area contributed by atoms with Gasteiger partial charge in [-0.3, -0.25) is 0 Å². The molecular weight excluding hydrogens is 307 g/mol. The van der Waals surface area contributed by atoms with Gasteiger partial charge in [-0.05, 0) is 22.6 Å². The van der Waals surface area contributed by atoms with Crippen LogP contribution in [0.2, 0.25) is 15.2 Å². The summed E-state index contributed by atoms with van der Waals surface area (Å²) < 4.78 is 0.800. The van der Waals surface area contributed by atoms with Crippen LogP contribution in [0.5, 0.6) is 0 Å². The Kier molecular flexibility index (Phi) is 3.03. The predicted molar refractivity (Wildman–Crippen MR) is 52.0 cm³/mol. The van der Waals surface area contributed by atoms with Crippen LogP contribution in [0.1, 0.15) is 0 Å². The molecule has 0 aliphatic rings. The average Bonchev–Trinajstić information content (AvgIpc) is 1.93. The third-order valence-corrected chi connectivity index (χ3v) is 3.25. The number of halogens is 4. The molecule has 0 unspecified atom stereocenters. The van der Waals surface area contributed by atoms with E-state index in [4.69, 9.17) is 34.8 Å². The number of pyridine rings is 1. The number of hydrogen-bond donors (Lipinski definition) is 0. The molecule has 1 aromatic rings. The van der Waals surface area contributed by atoms with Gasteiger partial charge in [0.25, 0.3) is 0 Å². The minimum absolute atomic E-state index is 0.243. The van der Waals surface area contributed by atoms with Crippen LogP contribution in [-0.2, 0) is 0 Å². The molecule has 0 saturated heterocycles. The lowest BCUT2D eigenvalue weighted by molar-refractivity contribution is 1.31. The largest absolute Gasteiger partial charge is 0.242 e. The lowest BCUT2D eigenvalue weighted by Crippen LogP contribution is -1.81. The zero-order valence-corrected chi connectivity index (χ0v) is 8.96. The van der Waals surface area contributed by atoms with Gasteiger partial charge in [-0.25, -0.2) is 4.98 Å². The minimum Gasteiger partial charge on any atom is -0.242 e. The summed E-state index contributed by atoms with van der Waals surface area (Å²) in [6.45, 7) is 0. The van der Waals surface area contributed by atoms with E-state index in [2.05, 4.69) is 4.98 Å². The van der Waals surface area contributed by atoms with Gasteiger partial charge in [0.05, 0.1) is 13.6 Å². The lowest BCUT2D eigenvalue weighted by Gasteiger charge is -1.98. The summed E-state index contributed by atoms with van der Waals surface area (Å²) in [6.07, 6.45) is 1.57. The van der Waals surface area contributed by atoms with E-state index in [1.807, 2.05) is 22.6 Å². The van der Waals surface area contributed by atoms with E-state index in [1.165, 1.54) is 0 Å². The monoisotopic (exact) mass is 307 g/mol. The highest BCUT2D eigenvalue weighted by Gasteiger charge is 2.06. The highest BCUT2D eigenvalue weighted by molar-refractivity contribution is 14.1. The molecule has 0 saturated carbocycles. The third-order valence-electron chi connectivity index (χ3n) is 0.875. The maximum absolute atomic E-state index is 5.72. The molecule has 0 aliphatic carbocycles. The van der Waals surface area contributed by atoms with Gasteiger partial charge in [0.1, 0.15) is 5.15 Å². The fraction of sp³-hybridized carbons (Fsp3) is 0. The first-order chi connectivity index (χ1) is 4.63. The quantitative estimate of drug-likeness (QED) is 0.527. The molecule has 0 aliphatic heterocycles. The number of nitrogens with zero attached hydrogens (tertiary/aromatic N) is 1. The molecule has 0 aromatic carbocycles. The first-order valence-corrected chi connectivity index (χ1v) is 4.49. The van der Waals surface area contributed by atoms with Crippen LogP contribution in [0.25, 0.3) is 0 Å². The van der Waals surface area contributed by atoms with Crippen LogP contribution >= 0.6 is 57.4 Å². The summed E-state index contributed by atoms with van der Waals surface area (Å²) in [5.74, 6) is 0. The third kappa shape index (κ3) is 1.67. The zero-order chi connectivity index (χ0) is 7.72. The average molecular weight is 308 g/mol. The molecule has 1 nitrogen and oxygen atoms in total. The Morgan fingerprint density at radius 2 is 1.80 bits per heavy atom. The van der Waals surface area contributed by atoms with Gasteiger partial charge in [-0.2, -0.15) is 0 Å². The van der Waals surface area contributed by atoms with Crippen LogP contribution < -0.4 is 0 Å². The standard InChI is InChI=1S/C5HCl3IN/c6-3-2(9)1-10-5(8)4(3)7/h1H. The first kappa shape index (κ1) is 8.84. The number of rotatable bonds is 0. The van der Waals surface area contributed by atoms with Gasteiger partial charge in [0.15, 0.2) is 0 Å². The van der Waals surface area contributed by atoms with E-state index >= 15 is 0 Å². The molecule has 0 spiro atoms. The van der Waals surface area contributed by atoms with Crippen LogP contribution in [0.15, 0.2) is 6.20 Å². The van der Waals surface area contributed by atoms with Gasteiger partial charge >= 0.3 is 0 Å². The Bertz CT molecular complexity index is 236. The topological polar surface area (TPSA) is 12.9 Å². The van der Waals surface area contributed by atoms with Crippen molar-refractivity contribution in [3.05, 3.63) is 25.0 Å². The zero-order valence-electron chi connectivity index (χ0n) is 4.54. The predicted octanol–water partition coefficient (Wildman–Crippen LogP) is 3.65. The van der Waals surface area contributed by atoms with Crippen molar-refractivity contribution in [2.45, 2.75) is 0 Å². The number of aromatic nitrogens is 1. The molecule has 0 radical (unpaired) electrons. The van der Waals surface area contributed by atoms with Gasteiger partial charge in [-0.15, -0.1) is 0 Å². The molecule has 0 bridgehead atoms. The van der Waals surface area contributed by atoms with E-state index in [1.54, 1.807) is 6.20 Å². The Balaban J connectivity index is 3.34. The Hall–Kier alpha value is 0.750. The summed E-state index contributed by atoms with van der Waals surface area (Å²) in [4.78, 5) is 3.78. The fourth-order valence-electron chi connectivity index (χ4n) is 0.422. The van der Waals surface area contributed by atoms with E-state index in [9.17, 15) is 0 Å². The van der Waals surface area contributed by atoms with Crippen molar-refractivity contribution in [1.82, 2.24) is 4.98 Å². The van der Waals surface area contributed by atoms with Crippen LogP contribution in [-0.4, -0.2) is 4.98 Å². The van der Waals surface area contributed by atoms with Crippen molar-refractivity contribution < 1.29 is 0 Å². The highest BCUT2D eigenvalue weighted by atomic mass is 127. The van der Waals surface area contributed by atoms with E-state index in [0.29, 0.717) is 10.0 Å². The van der Waals surface area contributed by atoms with Gasteiger partial charge in [0, 0.05) is 6.20 Å². The van der Waals surface area contributed by atoms with Crippen molar-refractivity contribution in [2.75, 3.05) is 0 Å². The maximum atomic E-state index is 5.72. The molecule has 1 aromatic heterocycles. The van der Waals surface area contributed by atoms with E-state index in [-0.39, 0.29) is 5.15 Å². The molecule has 5 heteroatoms. The van der Waals surface area contributed by atoms with Crippen LogP contribution in [0.4, 0.5) is 0 Å². The van der Waals surface area contributed by atoms with Gasteiger partial charge in [-0.1, -0.05) is 34.8 Å². The molecule has 0 N–H and O–H groups in total. The second kappa shape index (κ2) is 3.43. The van der Waals surface area contributed by atoms with E-state index < -0.39 is 0 Å². The Morgan fingerprint density at radius 3 is 2.30 bits per heavy atom. The van der Waals surface area contributed by atoms with Crippen LogP contribution in [0.3, 0.4) is 0 Å². The summed E-state index contributed by atoms with van der Waals surface area (Å²) in [5, 5.41) is 1.02. The molecular formula is C5HCl3IN. The summed E-state index contributed by atoms with van der Waals surface area (Å²) in [5.41, 5.74) is 0. The molecule has 54 valence electrons. The second-order valence-electron chi connectivity index (χ2n) is 1.52. The van der Waals surface area contributed by atoms with Crippen molar-refractivity contribution >= 4 is 57.4 Å². The highest BCUT2D eigenvalue weighted by Crippen LogP contribution is 2.31. The van der Waals surface area contributed by atoms with Gasteiger partial charge < -0.3 is 0 Å². The molecule has 0 amide bonds. The molecule has 0 fully saturated rings. The Morgan fingerprint density at radius 1 is 1.20 bits per heavy atom. The number of hydrogen-bond acceptors (Lipinski definition) is 1. The maximum Gasteiger partial charge on any atom is 0.149 e. The molecule has 1 rings (SSSR count). The first-order valence-electron chi connectivity index (χ1n) is 2.28. The minimum atomic E-state index is 0.243. The molecule has 10 heavy (non-hydrogen) atoms. The summed E-state index contributed by atoms with van der Waals surface area (Å²) >= 11 is 19.0. The molecule has 0 atom stereocenters.